The Bertz CT molecular complexity index is 1090. The summed E-state index contributed by atoms with van der Waals surface area (Å²) in [5.41, 5.74) is 14.9. The number of halogens is 1. The molecule has 31 heavy (non-hydrogen) atoms. The van der Waals surface area contributed by atoms with Crippen molar-refractivity contribution in [3.63, 3.8) is 0 Å². The highest BCUT2D eigenvalue weighted by Gasteiger charge is 2.30. The second-order valence-corrected chi connectivity index (χ2v) is 8.63. The van der Waals surface area contributed by atoms with Gasteiger partial charge in [0.2, 0.25) is 0 Å². The topological polar surface area (TPSA) is 139 Å². The molecule has 1 aliphatic rings. The zero-order valence-corrected chi connectivity index (χ0v) is 18.3. The summed E-state index contributed by atoms with van der Waals surface area (Å²) in [6.45, 7) is 1.82. The Morgan fingerprint density at radius 3 is 2.74 bits per heavy atom. The molecule has 166 valence electrons. The van der Waals surface area contributed by atoms with E-state index in [0.29, 0.717) is 34.2 Å². The maximum absolute atomic E-state index is 13.9. The van der Waals surface area contributed by atoms with Crippen molar-refractivity contribution in [3.8, 4) is 10.6 Å². The average molecular weight is 449 g/mol. The first-order valence-electron chi connectivity index (χ1n) is 9.86. The summed E-state index contributed by atoms with van der Waals surface area (Å²) in [7, 11) is 3.58. The summed E-state index contributed by atoms with van der Waals surface area (Å²) in [5, 5.41) is 12.2. The van der Waals surface area contributed by atoms with Crippen LogP contribution in [0.5, 0.6) is 0 Å². The van der Waals surface area contributed by atoms with Crippen molar-refractivity contribution >= 4 is 27.9 Å². The number of alkyl halides is 1. The molecule has 5 N–H and O–H groups in total. The number of hydrogen-bond donors (Lipinski definition) is 3. The van der Waals surface area contributed by atoms with Gasteiger partial charge in [-0.2, -0.15) is 10.2 Å². The SMILES string of the molecule is Cc1c(-c2nc(C(=O)Nc3cnn(C)c3[C@@H]3CC[C@@H](N)[C@@H](F)CO3)c(N)s2)cnn1C. The molecule has 1 fully saturated rings. The van der Waals surface area contributed by atoms with Crippen LogP contribution in [0.25, 0.3) is 10.6 Å². The number of ether oxygens (including phenoxy) is 1. The Balaban J connectivity index is 1.57. The number of hydrogen-bond acceptors (Lipinski definition) is 8. The van der Waals surface area contributed by atoms with Gasteiger partial charge in [0.25, 0.3) is 5.91 Å². The molecule has 3 aromatic rings. The van der Waals surface area contributed by atoms with E-state index >= 15 is 0 Å². The summed E-state index contributed by atoms with van der Waals surface area (Å²) in [6, 6.07) is -0.569. The number of nitrogens with two attached hydrogens (primary N) is 2. The van der Waals surface area contributed by atoms with Crippen molar-refractivity contribution in [2.24, 2.45) is 19.8 Å². The maximum atomic E-state index is 13.9. The minimum Gasteiger partial charge on any atom is -0.389 e. The van der Waals surface area contributed by atoms with Crippen LogP contribution in [0.1, 0.15) is 40.8 Å². The Labute approximate surface area is 182 Å². The zero-order valence-electron chi connectivity index (χ0n) is 17.5. The van der Waals surface area contributed by atoms with Gasteiger partial charge in [0.1, 0.15) is 22.3 Å². The largest absolute Gasteiger partial charge is 0.389 e. The molecule has 3 aromatic heterocycles. The van der Waals surface area contributed by atoms with E-state index in [1.807, 2.05) is 14.0 Å². The van der Waals surface area contributed by atoms with Gasteiger partial charge in [0, 0.05) is 25.8 Å². The van der Waals surface area contributed by atoms with Gasteiger partial charge in [-0.15, -0.1) is 0 Å². The van der Waals surface area contributed by atoms with E-state index in [1.165, 1.54) is 17.5 Å². The fraction of sp³-hybridized carbons (Fsp3) is 0.474. The van der Waals surface area contributed by atoms with Gasteiger partial charge in [0.05, 0.1) is 35.9 Å². The van der Waals surface area contributed by atoms with Crippen molar-refractivity contribution in [2.75, 3.05) is 17.7 Å². The summed E-state index contributed by atoms with van der Waals surface area (Å²) < 4.78 is 23.0. The van der Waals surface area contributed by atoms with Crippen LogP contribution in [0.15, 0.2) is 12.4 Å². The molecule has 4 rings (SSSR count). The highest BCUT2D eigenvalue weighted by atomic mass is 32.1. The number of carbonyl (C=O) groups is 1. The number of anilines is 2. The van der Waals surface area contributed by atoms with Gasteiger partial charge in [-0.25, -0.2) is 9.37 Å². The van der Waals surface area contributed by atoms with Crippen LogP contribution >= 0.6 is 11.3 Å². The van der Waals surface area contributed by atoms with Crippen LogP contribution in [0, 0.1) is 6.92 Å². The lowest BCUT2D eigenvalue weighted by Gasteiger charge is -2.17. The van der Waals surface area contributed by atoms with Gasteiger partial charge >= 0.3 is 0 Å². The van der Waals surface area contributed by atoms with Crippen molar-refractivity contribution < 1.29 is 13.9 Å². The lowest BCUT2D eigenvalue weighted by molar-refractivity contribution is 0.0247. The number of carbonyl (C=O) groups excluding carboxylic acids is 1. The van der Waals surface area contributed by atoms with Crippen LogP contribution in [0.2, 0.25) is 0 Å². The van der Waals surface area contributed by atoms with Crippen molar-refractivity contribution in [1.29, 1.82) is 0 Å². The number of aryl methyl sites for hydroxylation is 2. The van der Waals surface area contributed by atoms with Gasteiger partial charge in [-0.1, -0.05) is 11.3 Å². The number of nitrogens with one attached hydrogen (secondary N) is 1. The van der Waals surface area contributed by atoms with Crippen molar-refractivity contribution in [2.45, 2.75) is 38.1 Å². The molecular weight excluding hydrogens is 423 g/mol. The van der Waals surface area contributed by atoms with Crippen LogP contribution in [-0.4, -0.2) is 49.3 Å². The molecule has 12 heteroatoms. The van der Waals surface area contributed by atoms with Crippen molar-refractivity contribution in [3.05, 3.63) is 29.5 Å². The fourth-order valence-electron chi connectivity index (χ4n) is 3.58. The first-order chi connectivity index (χ1) is 14.8. The quantitative estimate of drug-likeness (QED) is 0.554. The first-order valence-corrected chi connectivity index (χ1v) is 10.7. The summed E-state index contributed by atoms with van der Waals surface area (Å²) in [4.78, 5) is 17.4. The minimum atomic E-state index is -1.22. The molecular formula is C19H25FN8O2S. The van der Waals surface area contributed by atoms with E-state index in [1.54, 1.807) is 22.6 Å². The molecule has 10 nitrogen and oxygen atoms in total. The van der Waals surface area contributed by atoms with Gasteiger partial charge < -0.3 is 21.5 Å². The van der Waals surface area contributed by atoms with Gasteiger partial charge in [0.15, 0.2) is 5.69 Å². The van der Waals surface area contributed by atoms with Crippen LogP contribution in [0.4, 0.5) is 15.1 Å². The molecule has 4 heterocycles. The Morgan fingerprint density at radius 2 is 2.03 bits per heavy atom. The Hall–Kier alpha value is -2.83. The molecule has 0 aromatic carbocycles. The number of nitrogens with zero attached hydrogens (tertiary/aromatic N) is 5. The first kappa shape index (κ1) is 21.4. The lowest BCUT2D eigenvalue weighted by atomic mass is 10.0. The third kappa shape index (κ3) is 4.05. The Morgan fingerprint density at radius 1 is 1.29 bits per heavy atom. The smallest absolute Gasteiger partial charge is 0.277 e. The molecule has 3 atom stereocenters. The highest BCUT2D eigenvalue weighted by Crippen LogP contribution is 2.34. The van der Waals surface area contributed by atoms with Crippen LogP contribution in [0.3, 0.4) is 0 Å². The predicted octanol–water partition coefficient (Wildman–Crippen LogP) is 1.94. The second-order valence-electron chi connectivity index (χ2n) is 7.60. The molecule has 0 aliphatic carbocycles. The molecule has 1 amide bonds. The Kier molecular flexibility index (Phi) is 5.77. The molecule has 1 aliphatic heterocycles. The fourth-order valence-corrected chi connectivity index (χ4v) is 4.47. The van der Waals surface area contributed by atoms with Crippen LogP contribution in [-0.2, 0) is 18.8 Å². The summed E-state index contributed by atoms with van der Waals surface area (Å²) in [5.74, 6) is -0.454. The van der Waals surface area contributed by atoms with E-state index in [-0.39, 0.29) is 12.3 Å². The third-order valence-corrected chi connectivity index (χ3v) is 6.47. The minimum absolute atomic E-state index is 0.0999. The van der Waals surface area contributed by atoms with Gasteiger partial charge in [-0.3, -0.25) is 14.2 Å². The predicted molar refractivity (Wildman–Crippen MR) is 115 cm³/mol. The number of aromatic nitrogens is 5. The molecule has 0 radical (unpaired) electrons. The van der Waals surface area contributed by atoms with E-state index in [9.17, 15) is 9.18 Å². The monoisotopic (exact) mass is 448 g/mol. The third-order valence-electron chi connectivity index (χ3n) is 5.56. The zero-order chi connectivity index (χ0) is 22.3. The molecule has 0 saturated carbocycles. The molecule has 0 spiro atoms. The maximum Gasteiger partial charge on any atom is 0.277 e. The lowest BCUT2D eigenvalue weighted by Crippen LogP contribution is -2.32. The molecule has 0 unspecified atom stereocenters. The summed E-state index contributed by atoms with van der Waals surface area (Å²) >= 11 is 1.23. The highest BCUT2D eigenvalue weighted by molar-refractivity contribution is 7.19. The van der Waals surface area contributed by atoms with E-state index in [2.05, 4.69) is 20.5 Å². The second kappa shape index (κ2) is 8.36. The van der Waals surface area contributed by atoms with E-state index < -0.39 is 24.2 Å². The average Bonchev–Trinajstić information content (AvgIpc) is 3.36. The number of nitrogen functional groups attached to an aromatic ring is 1. The van der Waals surface area contributed by atoms with Crippen molar-refractivity contribution in [1.82, 2.24) is 24.5 Å². The standard InChI is InChI=1S/C19H25FN8O2S/c1-9-10(6-23-27(9)2)19-26-15(17(22)31-19)18(29)25-13-7-24-28(3)16(13)14-5-4-12(21)11(20)8-30-14/h6-7,11-12,14H,4-5,8,21-22H2,1-3H3,(H,25,29)/t11-,12+,14-/m0/s1. The number of amides is 1. The molecule has 1 saturated heterocycles. The van der Waals surface area contributed by atoms with E-state index in [4.69, 9.17) is 16.2 Å². The number of rotatable bonds is 4. The summed E-state index contributed by atoms with van der Waals surface area (Å²) in [6.07, 6.45) is 2.56. The van der Waals surface area contributed by atoms with E-state index in [0.717, 1.165) is 11.3 Å². The number of thiazole rings is 1. The van der Waals surface area contributed by atoms with Crippen LogP contribution < -0.4 is 16.8 Å². The normalized spacial score (nSPS) is 21.8. The molecule has 0 bridgehead atoms. The van der Waals surface area contributed by atoms with Gasteiger partial charge in [-0.05, 0) is 19.8 Å².